The van der Waals surface area contributed by atoms with E-state index in [9.17, 15) is 19.7 Å². The van der Waals surface area contributed by atoms with Crippen LogP contribution in [-0.4, -0.2) is 131 Å². The second kappa shape index (κ2) is 26.1. The maximum Gasteiger partial charge on any atom is 0.353 e. The molecule has 5 aliphatic heterocycles. The van der Waals surface area contributed by atoms with Crippen molar-refractivity contribution in [1.29, 1.82) is 0 Å². The second-order valence-corrected chi connectivity index (χ2v) is 18.2. The average molecular weight is 983 g/mol. The van der Waals surface area contributed by atoms with Crippen molar-refractivity contribution in [2.45, 2.75) is 112 Å². The number of nitro groups is 1. The monoisotopic (exact) mass is 983 g/mol. The van der Waals surface area contributed by atoms with Gasteiger partial charge in [0.2, 0.25) is 29.4 Å². The third-order valence-electron chi connectivity index (χ3n) is 12.8. The molecule has 4 aromatic rings. The van der Waals surface area contributed by atoms with Gasteiger partial charge in [0.05, 0.1) is 30.3 Å². The number of nitrogens with zero attached hydrogens (tertiary/aromatic N) is 9. The number of nitrogen functional groups attached to an aromatic ring is 2. The van der Waals surface area contributed by atoms with E-state index < -0.39 is 16.6 Å². The van der Waals surface area contributed by atoms with Gasteiger partial charge in [0.25, 0.3) is 0 Å². The van der Waals surface area contributed by atoms with Crippen LogP contribution in [0, 0.1) is 10.1 Å². The Morgan fingerprint density at radius 3 is 1.89 bits per heavy atom. The lowest BCUT2D eigenvalue weighted by atomic mass is 10.1. The fourth-order valence-corrected chi connectivity index (χ4v) is 9.47. The van der Waals surface area contributed by atoms with E-state index in [1.54, 1.807) is 6.92 Å². The summed E-state index contributed by atoms with van der Waals surface area (Å²) < 4.78 is 16.5. The zero-order chi connectivity index (χ0) is 48.1. The van der Waals surface area contributed by atoms with Gasteiger partial charge in [-0.05, 0) is 107 Å². The van der Waals surface area contributed by atoms with E-state index in [0.717, 1.165) is 75.2 Å². The normalized spacial score (nSPS) is 18.6. The van der Waals surface area contributed by atoms with Crippen LogP contribution >= 0.6 is 0 Å². The van der Waals surface area contributed by atoms with Crippen molar-refractivity contribution in [3.63, 3.8) is 0 Å². The Balaban J connectivity index is 0.000000228. The molecule has 5 aliphatic rings. The molecule has 2 aromatic carbocycles. The van der Waals surface area contributed by atoms with Crippen LogP contribution in [0.4, 0.5) is 46.5 Å². The molecule has 4 fully saturated rings. The molecule has 4 saturated heterocycles. The van der Waals surface area contributed by atoms with E-state index in [0.29, 0.717) is 43.7 Å². The molecule has 0 bridgehead atoms. The highest BCUT2D eigenvalue weighted by Crippen LogP contribution is 2.35. The molecule has 0 aliphatic carbocycles. The average Bonchev–Trinajstić information content (AvgIpc) is 4.19. The van der Waals surface area contributed by atoms with E-state index in [4.69, 9.17) is 30.7 Å². The van der Waals surface area contributed by atoms with Crippen LogP contribution in [0.25, 0.3) is 0 Å². The number of fused-ring (bicyclic) bond motifs is 1. The van der Waals surface area contributed by atoms with Gasteiger partial charge < -0.3 is 51.4 Å². The van der Waals surface area contributed by atoms with Gasteiger partial charge in [0.15, 0.2) is 11.6 Å². The Labute approximate surface area is 417 Å². The molecule has 0 spiro atoms. The second-order valence-electron chi connectivity index (χ2n) is 18.2. The van der Waals surface area contributed by atoms with Gasteiger partial charge in [-0.2, -0.15) is 19.9 Å². The van der Waals surface area contributed by atoms with Crippen molar-refractivity contribution in [3.8, 4) is 0 Å². The van der Waals surface area contributed by atoms with Crippen LogP contribution in [0.15, 0.2) is 48.5 Å². The number of carbonyl (C=O) groups excluding carboxylic acids is 2. The Hall–Kier alpha value is -6.42. The maximum atomic E-state index is 12.5. The first-order chi connectivity index (χ1) is 33.6. The number of rotatable bonds is 19. The molecular weight excluding hydrogens is 909 g/mol. The first kappa shape index (κ1) is 53.9. The summed E-state index contributed by atoms with van der Waals surface area (Å²) in [6.07, 6.45) is 9.15. The summed E-state index contributed by atoms with van der Waals surface area (Å²) >= 11 is 0. The molecule has 0 saturated carbocycles. The highest BCUT2D eigenvalue weighted by molar-refractivity contribution is 6.03. The Morgan fingerprint density at radius 2 is 1.34 bits per heavy atom. The number of hydrogen-bond donors (Lipinski definition) is 5. The van der Waals surface area contributed by atoms with Crippen molar-refractivity contribution in [3.05, 3.63) is 80.9 Å². The molecule has 21 nitrogen and oxygen atoms in total. The summed E-state index contributed by atoms with van der Waals surface area (Å²) in [5, 5.41) is 21.2. The van der Waals surface area contributed by atoms with Crippen LogP contribution in [0.1, 0.15) is 95.4 Å². The fraction of sp³-hybridized carbons (Fsp3) is 0.560. The number of benzene rings is 2. The van der Waals surface area contributed by atoms with E-state index in [1.165, 1.54) is 49.2 Å². The standard InChI is InChI=1S/C25H35N7O5.C23H31N7O2.2CH4/c1-2-36-21(33)17-31(16-19-8-5-7-18(13-19)15-30-10-3-4-11-30)24-22(32(34)35)23(26)28-25(29-24)27-14-20-9-6-12-37-20;24-21-20-22(28-23(27-21)25-12-18-7-4-10-32-18)30(15-19(31)26-20)14-17-6-3-5-16(11-17)13-29-8-1-2-9-29;;/h5,7-8,13,20H,2-4,6,9-12,14-17H2,1H3,(H3,26,27,28,29);3,5-6,11,18H,1-2,4,7-10,12-15H2,(H,26,31)(H3,24,25,27,28);2*1H4. The molecular formula is C50H74N14O7. The summed E-state index contributed by atoms with van der Waals surface area (Å²) in [7, 11) is 0. The van der Waals surface area contributed by atoms with Crippen LogP contribution in [-0.2, 0) is 50.0 Å². The maximum absolute atomic E-state index is 12.5. The van der Waals surface area contributed by atoms with Gasteiger partial charge in [0.1, 0.15) is 12.2 Å². The minimum absolute atomic E-state index is 0. The van der Waals surface area contributed by atoms with Crippen molar-refractivity contribution in [1.82, 2.24) is 29.7 Å². The number of likely N-dealkylation sites (tertiary alicyclic amines) is 2. The van der Waals surface area contributed by atoms with Crippen LogP contribution in [0.2, 0.25) is 0 Å². The van der Waals surface area contributed by atoms with Gasteiger partial charge in [-0.3, -0.25) is 29.5 Å². The predicted octanol–water partition coefficient (Wildman–Crippen LogP) is 6.20. The van der Waals surface area contributed by atoms with Crippen molar-refractivity contribution in [2.24, 2.45) is 0 Å². The third kappa shape index (κ3) is 15.0. The van der Waals surface area contributed by atoms with Gasteiger partial charge in [0, 0.05) is 52.5 Å². The van der Waals surface area contributed by atoms with Crippen molar-refractivity contribution >= 4 is 58.4 Å². The highest BCUT2D eigenvalue weighted by Gasteiger charge is 2.31. The molecule has 2 aromatic heterocycles. The van der Waals surface area contributed by atoms with Crippen LogP contribution in [0.5, 0.6) is 0 Å². The fourth-order valence-electron chi connectivity index (χ4n) is 9.47. The van der Waals surface area contributed by atoms with Crippen LogP contribution in [0.3, 0.4) is 0 Å². The largest absolute Gasteiger partial charge is 0.465 e. The number of ether oxygens (including phenoxy) is 3. The predicted molar refractivity (Wildman–Crippen MR) is 277 cm³/mol. The summed E-state index contributed by atoms with van der Waals surface area (Å²) in [4.78, 5) is 62.2. The minimum Gasteiger partial charge on any atom is -0.465 e. The SMILES string of the molecule is C.C.CCOC(=O)CN(Cc1cccc(CN2CCCC2)c1)c1nc(NCC2CCCO2)nc(N)c1[N+](=O)[O-].Nc1nc(NCC2CCCO2)nc2c1NC(=O)CN2Cc1cccc(CN2CCCC2)c1. The number of amides is 1. The first-order valence-corrected chi connectivity index (χ1v) is 24.3. The van der Waals surface area contributed by atoms with Gasteiger partial charge >= 0.3 is 11.7 Å². The summed E-state index contributed by atoms with van der Waals surface area (Å²) in [6, 6.07) is 16.6. The number of anilines is 7. The lowest BCUT2D eigenvalue weighted by Gasteiger charge is -2.30. The summed E-state index contributed by atoms with van der Waals surface area (Å²) in [5.41, 5.74) is 16.7. The first-order valence-electron chi connectivity index (χ1n) is 24.3. The Morgan fingerprint density at radius 1 is 0.803 bits per heavy atom. The van der Waals surface area contributed by atoms with Gasteiger partial charge in [-0.1, -0.05) is 63.4 Å². The lowest BCUT2D eigenvalue weighted by Crippen LogP contribution is -2.39. The molecule has 7 heterocycles. The minimum atomic E-state index is -0.615. The summed E-state index contributed by atoms with van der Waals surface area (Å²) in [6.45, 7) is 11.6. The molecule has 386 valence electrons. The number of aromatic nitrogens is 4. The van der Waals surface area contributed by atoms with Gasteiger partial charge in [-0.25, -0.2) is 0 Å². The quantitative estimate of drug-likeness (QED) is 0.0398. The number of carbonyl (C=O) groups is 2. The molecule has 1 amide bonds. The number of hydrogen-bond acceptors (Lipinski definition) is 19. The van der Waals surface area contributed by atoms with E-state index >= 15 is 0 Å². The highest BCUT2D eigenvalue weighted by atomic mass is 16.6. The smallest absolute Gasteiger partial charge is 0.353 e. The Bertz CT molecular complexity index is 2390. The lowest BCUT2D eigenvalue weighted by molar-refractivity contribution is -0.383. The topological polar surface area (TPSA) is 258 Å². The molecule has 0 radical (unpaired) electrons. The van der Waals surface area contributed by atoms with E-state index in [1.807, 2.05) is 17.0 Å². The number of nitrogens with two attached hydrogens (primary N) is 2. The molecule has 2 unspecified atom stereocenters. The number of nitrogens with one attached hydrogen (secondary N) is 3. The molecule has 21 heteroatoms. The molecule has 71 heavy (non-hydrogen) atoms. The van der Waals surface area contributed by atoms with Crippen molar-refractivity contribution in [2.75, 3.05) is 109 Å². The molecule has 7 N–H and O–H groups in total. The third-order valence-corrected chi connectivity index (χ3v) is 12.8. The number of esters is 1. The Kier molecular flexibility index (Phi) is 19.9. The molecule has 9 rings (SSSR count). The van der Waals surface area contributed by atoms with Gasteiger partial charge in [-0.15, -0.1) is 0 Å². The van der Waals surface area contributed by atoms with Crippen molar-refractivity contribution < 1.29 is 28.7 Å². The summed E-state index contributed by atoms with van der Waals surface area (Å²) in [5.74, 6) is 0.581. The van der Waals surface area contributed by atoms with E-state index in [-0.39, 0.29) is 82.6 Å². The van der Waals surface area contributed by atoms with E-state index in [2.05, 4.69) is 77.1 Å². The zero-order valence-electron chi connectivity index (χ0n) is 39.6. The van der Waals surface area contributed by atoms with Crippen LogP contribution < -0.4 is 37.2 Å². The molecule has 2 atom stereocenters. The zero-order valence-corrected chi connectivity index (χ0v) is 39.6.